The number of halogens is 2. The second-order valence-electron chi connectivity index (χ2n) is 4.52. The number of nitrogens with one attached hydrogen (secondary N) is 1. The minimum absolute atomic E-state index is 0.0711. The van der Waals surface area contributed by atoms with Crippen molar-refractivity contribution in [3.8, 4) is 0 Å². The van der Waals surface area contributed by atoms with E-state index in [-0.39, 0.29) is 17.5 Å². The highest BCUT2D eigenvalue weighted by Gasteiger charge is 2.13. The van der Waals surface area contributed by atoms with Gasteiger partial charge in [-0.15, -0.1) is 0 Å². The van der Waals surface area contributed by atoms with Crippen LogP contribution in [0.2, 0.25) is 10.0 Å². The molecule has 0 heterocycles. The lowest BCUT2D eigenvalue weighted by Gasteiger charge is -2.13. The maximum atomic E-state index is 12.0. The van der Waals surface area contributed by atoms with Crippen LogP contribution in [-0.2, 0) is 0 Å². The monoisotopic (exact) mass is 324 g/mol. The maximum Gasteiger partial charge on any atom is 0.252 e. The SMILES string of the molecule is Nc1ccc(C(O)CNC(=O)c2ccc(Cl)cc2Cl)cc1. The van der Waals surface area contributed by atoms with Crippen molar-refractivity contribution in [2.24, 2.45) is 0 Å². The molecule has 0 bridgehead atoms. The predicted molar refractivity (Wildman–Crippen MR) is 84.6 cm³/mol. The van der Waals surface area contributed by atoms with E-state index in [1.165, 1.54) is 12.1 Å². The van der Waals surface area contributed by atoms with Crippen molar-refractivity contribution in [1.82, 2.24) is 5.32 Å². The highest BCUT2D eigenvalue weighted by molar-refractivity contribution is 6.36. The van der Waals surface area contributed by atoms with E-state index in [9.17, 15) is 9.90 Å². The van der Waals surface area contributed by atoms with Crippen molar-refractivity contribution < 1.29 is 9.90 Å². The van der Waals surface area contributed by atoms with Crippen molar-refractivity contribution in [2.75, 3.05) is 12.3 Å². The van der Waals surface area contributed by atoms with Gasteiger partial charge in [0.25, 0.3) is 5.91 Å². The van der Waals surface area contributed by atoms with E-state index < -0.39 is 6.10 Å². The summed E-state index contributed by atoms with van der Waals surface area (Å²) in [4.78, 5) is 12.0. The first kappa shape index (κ1) is 15.6. The predicted octanol–water partition coefficient (Wildman–Crippen LogP) is 3.04. The number of carbonyl (C=O) groups is 1. The van der Waals surface area contributed by atoms with Gasteiger partial charge in [0.1, 0.15) is 0 Å². The van der Waals surface area contributed by atoms with Gasteiger partial charge in [0.15, 0.2) is 0 Å². The molecule has 0 aliphatic carbocycles. The molecular formula is C15H14Cl2N2O2. The molecule has 0 aromatic heterocycles. The van der Waals surface area contributed by atoms with Gasteiger partial charge in [-0.1, -0.05) is 35.3 Å². The lowest BCUT2D eigenvalue weighted by Crippen LogP contribution is -2.28. The molecule has 0 aliphatic heterocycles. The summed E-state index contributed by atoms with van der Waals surface area (Å²) in [6.45, 7) is 0.0711. The first-order chi connectivity index (χ1) is 9.97. The van der Waals surface area contributed by atoms with Gasteiger partial charge in [0.05, 0.1) is 16.7 Å². The number of aliphatic hydroxyl groups excluding tert-OH is 1. The van der Waals surface area contributed by atoms with Crippen LogP contribution < -0.4 is 11.1 Å². The fourth-order valence-electron chi connectivity index (χ4n) is 1.79. The minimum atomic E-state index is -0.819. The molecule has 1 unspecified atom stereocenters. The number of nitrogens with two attached hydrogens (primary N) is 1. The molecule has 2 aromatic carbocycles. The summed E-state index contributed by atoms with van der Waals surface area (Å²) >= 11 is 11.7. The van der Waals surface area contributed by atoms with Crippen LogP contribution in [0.5, 0.6) is 0 Å². The molecule has 110 valence electrons. The molecule has 0 radical (unpaired) electrons. The molecule has 0 saturated heterocycles. The number of nitrogen functional groups attached to an aromatic ring is 1. The number of aliphatic hydroxyl groups is 1. The molecule has 4 N–H and O–H groups in total. The summed E-state index contributed by atoms with van der Waals surface area (Å²) in [6.07, 6.45) is -0.819. The Balaban J connectivity index is 1.99. The van der Waals surface area contributed by atoms with Gasteiger partial charge < -0.3 is 16.2 Å². The largest absolute Gasteiger partial charge is 0.399 e. The lowest BCUT2D eigenvalue weighted by molar-refractivity contribution is 0.0916. The summed E-state index contributed by atoms with van der Waals surface area (Å²) in [5, 5.41) is 13.4. The van der Waals surface area contributed by atoms with E-state index in [1.54, 1.807) is 30.3 Å². The van der Waals surface area contributed by atoms with Crippen LogP contribution in [0.15, 0.2) is 42.5 Å². The van der Waals surface area contributed by atoms with Crippen LogP contribution in [0.4, 0.5) is 5.69 Å². The zero-order chi connectivity index (χ0) is 15.4. The van der Waals surface area contributed by atoms with Gasteiger partial charge in [-0.2, -0.15) is 0 Å². The molecule has 2 rings (SSSR count). The van der Waals surface area contributed by atoms with E-state index in [2.05, 4.69) is 5.32 Å². The van der Waals surface area contributed by atoms with Crippen LogP contribution >= 0.6 is 23.2 Å². The standard InChI is InChI=1S/C15H14Cl2N2O2/c16-10-3-6-12(13(17)7-10)15(21)19-8-14(20)9-1-4-11(18)5-2-9/h1-7,14,20H,8,18H2,(H,19,21). The quantitative estimate of drug-likeness (QED) is 0.756. The Kier molecular flexibility index (Phi) is 5.07. The second-order valence-corrected chi connectivity index (χ2v) is 5.36. The molecule has 0 spiro atoms. The van der Waals surface area contributed by atoms with Crippen molar-refractivity contribution in [3.63, 3.8) is 0 Å². The average molecular weight is 325 g/mol. The number of benzene rings is 2. The third kappa shape index (κ3) is 4.11. The molecule has 4 nitrogen and oxygen atoms in total. The Morgan fingerprint density at radius 1 is 1.19 bits per heavy atom. The third-order valence-corrected chi connectivity index (χ3v) is 3.50. The number of amides is 1. The van der Waals surface area contributed by atoms with Crippen LogP contribution in [0.1, 0.15) is 22.0 Å². The smallest absolute Gasteiger partial charge is 0.252 e. The van der Waals surface area contributed by atoms with Crippen molar-refractivity contribution in [3.05, 3.63) is 63.6 Å². The highest BCUT2D eigenvalue weighted by Crippen LogP contribution is 2.21. The number of hydrogen-bond acceptors (Lipinski definition) is 3. The Bertz CT molecular complexity index is 645. The summed E-state index contributed by atoms with van der Waals surface area (Å²) < 4.78 is 0. The van der Waals surface area contributed by atoms with Crippen molar-refractivity contribution in [1.29, 1.82) is 0 Å². The van der Waals surface area contributed by atoms with E-state index in [0.29, 0.717) is 21.8 Å². The summed E-state index contributed by atoms with van der Waals surface area (Å²) in [5.74, 6) is -0.369. The summed E-state index contributed by atoms with van der Waals surface area (Å²) in [6, 6.07) is 11.4. The van der Waals surface area contributed by atoms with Crippen LogP contribution in [0.3, 0.4) is 0 Å². The molecule has 1 atom stereocenters. The number of carbonyl (C=O) groups excluding carboxylic acids is 1. The highest BCUT2D eigenvalue weighted by atomic mass is 35.5. The zero-order valence-electron chi connectivity index (χ0n) is 11.0. The molecule has 6 heteroatoms. The van der Waals surface area contributed by atoms with Gasteiger partial charge >= 0.3 is 0 Å². The maximum absolute atomic E-state index is 12.0. The molecule has 0 aliphatic rings. The molecule has 1 amide bonds. The Morgan fingerprint density at radius 3 is 2.48 bits per heavy atom. The zero-order valence-corrected chi connectivity index (χ0v) is 12.5. The van der Waals surface area contributed by atoms with E-state index in [1.807, 2.05) is 0 Å². The minimum Gasteiger partial charge on any atom is -0.399 e. The van der Waals surface area contributed by atoms with Crippen molar-refractivity contribution >= 4 is 34.8 Å². The van der Waals surface area contributed by atoms with Crippen LogP contribution in [-0.4, -0.2) is 17.6 Å². The number of rotatable bonds is 4. The number of anilines is 1. The second kappa shape index (κ2) is 6.80. The van der Waals surface area contributed by atoms with Gasteiger partial charge in [-0.25, -0.2) is 0 Å². The van der Waals surface area contributed by atoms with Gasteiger partial charge in [-0.3, -0.25) is 4.79 Å². The molecular weight excluding hydrogens is 311 g/mol. The first-order valence-electron chi connectivity index (χ1n) is 6.24. The number of hydrogen-bond donors (Lipinski definition) is 3. The third-order valence-electron chi connectivity index (χ3n) is 2.95. The fraction of sp³-hybridized carbons (Fsp3) is 0.133. The summed E-state index contributed by atoms with van der Waals surface area (Å²) in [7, 11) is 0. The van der Waals surface area contributed by atoms with Gasteiger partial charge in [-0.05, 0) is 35.9 Å². The van der Waals surface area contributed by atoms with Crippen molar-refractivity contribution in [2.45, 2.75) is 6.10 Å². The van der Waals surface area contributed by atoms with Crippen LogP contribution in [0, 0.1) is 0 Å². The molecule has 21 heavy (non-hydrogen) atoms. The van der Waals surface area contributed by atoms with Crippen LogP contribution in [0.25, 0.3) is 0 Å². The molecule has 0 fully saturated rings. The first-order valence-corrected chi connectivity index (χ1v) is 6.99. The fourth-order valence-corrected chi connectivity index (χ4v) is 2.29. The molecule has 2 aromatic rings. The van der Waals surface area contributed by atoms with E-state index >= 15 is 0 Å². The Labute approximate surface area is 132 Å². The molecule has 0 saturated carbocycles. The summed E-state index contributed by atoms with van der Waals surface area (Å²) in [5.41, 5.74) is 7.17. The topological polar surface area (TPSA) is 75.3 Å². The normalized spacial score (nSPS) is 12.0. The van der Waals surface area contributed by atoms with E-state index in [0.717, 1.165) is 0 Å². The van der Waals surface area contributed by atoms with Gasteiger partial charge in [0.2, 0.25) is 0 Å². The lowest BCUT2D eigenvalue weighted by atomic mass is 10.1. The Morgan fingerprint density at radius 2 is 1.86 bits per heavy atom. The Hall–Kier alpha value is -1.75. The van der Waals surface area contributed by atoms with Gasteiger partial charge in [0, 0.05) is 17.3 Å². The average Bonchev–Trinajstić information content (AvgIpc) is 2.45. The van der Waals surface area contributed by atoms with E-state index in [4.69, 9.17) is 28.9 Å².